The van der Waals surface area contributed by atoms with Gasteiger partial charge in [0.15, 0.2) is 0 Å². The molecule has 6 heavy (non-hydrogen) atoms. The van der Waals surface area contributed by atoms with Gasteiger partial charge in [-0.05, 0) is 18.5 Å². The molecule has 0 aliphatic heterocycles. The smallest absolute Gasteiger partial charge is 0.239 e. The van der Waals surface area contributed by atoms with E-state index in [1.165, 1.54) is 0 Å². The van der Waals surface area contributed by atoms with E-state index in [2.05, 4.69) is 0 Å². The van der Waals surface area contributed by atoms with E-state index in [4.69, 9.17) is 28.7 Å². The third-order valence-electron chi connectivity index (χ3n) is 0.173. The summed E-state index contributed by atoms with van der Waals surface area (Å²) in [7, 11) is 0. The average molecular weight is 131 g/mol. The maximum absolute atomic E-state index is 10.2. The van der Waals surface area contributed by atoms with Gasteiger partial charge in [-0.2, -0.15) is 0 Å². The minimum atomic E-state index is -2.88. The lowest BCUT2D eigenvalue weighted by Gasteiger charge is -1.85. The number of hydrogen-bond donors (Lipinski definition) is 0. The number of rotatable bonds is 1. The first-order valence-corrected chi connectivity index (χ1v) is 1.84. The maximum atomic E-state index is 10.2. The van der Waals surface area contributed by atoms with Gasteiger partial charge >= 0.3 is 0 Å². The van der Waals surface area contributed by atoms with Gasteiger partial charge in [-0.15, -0.1) is 11.6 Å². The average Bonchev–Trinajstić information content (AvgIpc) is 1.62. The van der Waals surface area contributed by atoms with Crippen LogP contribution in [0, 0.1) is 0 Å². The van der Waals surface area contributed by atoms with Crippen LogP contribution in [0.25, 0.3) is 0 Å². The Morgan fingerprint density at radius 3 is 2.83 bits per heavy atom. The van der Waals surface area contributed by atoms with Crippen molar-refractivity contribution < 1.29 is 10.3 Å². The summed E-state index contributed by atoms with van der Waals surface area (Å²) in [6.07, 6.45) is 0. The highest BCUT2D eigenvalue weighted by atomic mass is 35.5. The third-order valence-corrected chi connectivity index (χ3v) is 0.630. The van der Waals surface area contributed by atoms with Crippen LogP contribution >= 0.6 is 23.2 Å². The summed E-state index contributed by atoms with van der Waals surface area (Å²) in [5.41, 5.74) is 0. The molecule has 0 aliphatic carbocycles. The Morgan fingerprint density at radius 2 is 2.83 bits per heavy atom. The quantitative estimate of drug-likeness (QED) is 0.388. The highest BCUT2D eigenvalue weighted by Gasteiger charge is 2.01. The van der Waals surface area contributed by atoms with Crippen LogP contribution in [0.5, 0.6) is 0 Å². The van der Waals surface area contributed by atoms with E-state index in [-0.39, 0.29) is 0 Å². The van der Waals surface area contributed by atoms with Gasteiger partial charge in [-0.25, -0.2) is 0 Å². The Morgan fingerprint density at radius 1 is 2.33 bits per heavy atom. The van der Waals surface area contributed by atoms with Crippen molar-refractivity contribution in [2.24, 2.45) is 0 Å². The largest absolute Gasteiger partial charge is 0.280 e. The van der Waals surface area contributed by atoms with Crippen molar-refractivity contribution in [3.63, 3.8) is 0 Å². The van der Waals surface area contributed by atoms with E-state index in [9.17, 15) is 4.79 Å². The van der Waals surface area contributed by atoms with Crippen molar-refractivity contribution in [3.05, 3.63) is 0 Å². The first kappa shape index (κ1) is 2.01. The van der Waals surface area contributed by atoms with E-state index < -0.39 is 17.4 Å². The normalized spacial score (nSPS) is 31.0. The molecule has 0 saturated heterocycles. The number of carbonyl (C=O) groups is 1. The fourth-order valence-corrected chi connectivity index (χ4v) is 0. The molecular formula is C3H4Cl2O. The molecule has 0 aromatic heterocycles. The zero-order valence-corrected chi connectivity index (χ0v) is 4.18. The minimum Gasteiger partial charge on any atom is -0.280 e. The molecule has 0 aromatic rings. The first-order chi connectivity index (χ1) is 4.19. The molecule has 0 aromatic carbocycles. The fourth-order valence-electron chi connectivity index (χ4n) is 0. The lowest BCUT2D eigenvalue weighted by Crippen LogP contribution is -1.99. The van der Waals surface area contributed by atoms with Gasteiger partial charge in [0.1, 0.15) is 5.35 Å². The summed E-state index contributed by atoms with van der Waals surface area (Å²) in [4.78, 5) is 10.2. The van der Waals surface area contributed by atoms with Crippen molar-refractivity contribution in [3.8, 4) is 0 Å². The number of carbonyl (C=O) groups excluding carboxylic acids is 1. The fraction of sp³-hybridized carbons (Fsp3) is 0.667. The van der Waals surface area contributed by atoms with Gasteiger partial charge < -0.3 is 0 Å². The lowest BCUT2D eigenvalue weighted by atomic mass is 10.5. The molecular weight excluding hydrogens is 123 g/mol. The molecule has 0 aliphatic rings. The van der Waals surface area contributed by atoms with Gasteiger partial charge in [0.05, 0.1) is 1.37 Å². The van der Waals surface area contributed by atoms with Crippen molar-refractivity contribution in [1.29, 1.82) is 0 Å². The number of halogens is 2. The Labute approximate surface area is 51.9 Å². The van der Waals surface area contributed by atoms with Crippen LogP contribution in [0.4, 0.5) is 0 Å². The monoisotopic (exact) mass is 130 g/mol. The van der Waals surface area contributed by atoms with Gasteiger partial charge in [-0.1, -0.05) is 0 Å². The summed E-state index contributed by atoms with van der Waals surface area (Å²) in [6.45, 7) is -2.88. The second kappa shape index (κ2) is 2.43. The second-order valence-corrected chi connectivity index (χ2v) is 1.31. The summed E-state index contributed by atoms with van der Waals surface area (Å²) in [5.74, 6) is 0. The van der Waals surface area contributed by atoms with Crippen LogP contribution in [0.2, 0.25) is 0 Å². The maximum Gasteiger partial charge on any atom is 0.239 e. The molecule has 1 atom stereocenters. The highest BCUT2D eigenvalue weighted by Crippen LogP contribution is 1.96. The van der Waals surface area contributed by atoms with Gasteiger partial charge in [0.25, 0.3) is 0 Å². The lowest BCUT2D eigenvalue weighted by molar-refractivity contribution is -0.111. The third kappa shape index (κ3) is 2.49. The summed E-state index contributed by atoms with van der Waals surface area (Å²) in [5, 5.41) is -4.11. The predicted molar refractivity (Wildman–Crippen MR) is 26.2 cm³/mol. The first-order valence-electron chi connectivity index (χ1n) is 3.08. The molecule has 1 unspecified atom stereocenters. The van der Waals surface area contributed by atoms with Crippen LogP contribution in [0.3, 0.4) is 0 Å². The van der Waals surface area contributed by atoms with E-state index >= 15 is 0 Å². The molecule has 0 radical (unpaired) electrons. The Balaban J connectivity index is 4.57. The topological polar surface area (TPSA) is 17.1 Å². The molecule has 0 saturated carbocycles. The number of alkyl halides is 1. The molecule has 0 heterocycles. The Bertz CT molecular complexity index is 151. The van der Waals surface area contributed by atoms with Gasteiger partial charge in [0.2, 0.25) is 5.24 Å². The van der Waals surface area contributed by atoms with Crippen molar-refractivity contribution in [1.82, 2.24) is 0 Å². The van der Waals surface area contributed by atoms with Crippen LogP contribution in [-0.4, -0.2) is 10.6 Å². The summed E-state index contributed by atoms with van der Waals surface area (Å²) < 4.78 is 26.5. The predicted octanol–water partition coefficient (Wildman–Crippen LogP) is 1.38. The molecule has 0 amide bonds. The zero-order valence-electron chi connectivity index (χ0n) is 6.66. The van der Waals surface area contributed by atoms with Crippen molar-refractivity contribution in [2.45, 2.75) is 12.2 Å². The summed E-state index contributed by atoms with van der Waals surface area (Å²) >= 11 is 9.71. The van der Waals surface area contributed by atoms with Gasteiger partial charge in [0, 0.05) is 4.11 Å². The molecule has 0 spiro atoms. The molecule has 0 bridgehead atoms. The standard InChI is InChI=1S/C3H4Cl2O/c1-2(4)3(5)6/h2H,1H3/i1D3,2D. The van der Waals surface area contributed by atoms with Crippen LogP contribution in [0.15, 0.2) is 0 Å². The van der Waals surface area contributed by atoms with Crippen molar-refractivity contribution >= 4 is 28.4 Å². The molecule has 0 rings (SSSR count). The molecule has 0 N–H and O–H groups in total. The van der Waals surface area contributed by atoms with Crippen molar-refractivity contribution in [2.75, 3.05) is 0 Å². The van der Waals surface area contributed by atoms with Crippen LogP contribution < -0.4 is 0 Å². The molecule has 1 nitrogen and oxygen atoms in total. The SMILES string of the molecule is [2H]C([2H])([2H])C([2H])(Cl)C(=O)Cl. The minimum absolute atomic E-state index is 1.39. The van der Waals surface area contributed by atoms with E-state index in [1.54, 1.807) is 0 Å². The van der Waals surface area contributed by atoms with Crippen LogP contribution in [-0.2, 0) is 4.79 Å². The molecule has 36 valence electrons. The molecule has 3 heteroatoms. The number of hydrogen-bond acceptors (Lipinski definition) is 1. The highest BCUT2D eigenvalue weighted by molar-refractivity contribution is 6.69. The van der Waals surface area contributed by atoms with E-state index in [0.29, 0.717) is 0 Å². The van der Waals surface area contributed by atoms with E-state index in [1.807, 2.05) is 0 Å². The Kier molecular flexibility index (Phi) is 0.815. The zero-order chi connectivity index (χ0) is 8.58. The Hall–Kier alpha value is 0.250. The second-order valence-electron chi connectivity index (χ2n) is 0.588. The van der Waals surface area contributed by atoms with Crippen LogP contribution in [0.1, 0.15) is 12.3 Å². The van der Waals surface area contributed by atoms with Gasteiger partial charge in [-0.3, -0.25) is 4.79 Å². The summed E-state index contributed by atoms with van der Waals surface area (Å²) in [6, 6.07) is 0. The van der Waals surface area contributed by atoms with E-state index in [0.717, 1.165) is 0 Å². The molecule has 0 fully saturated rings.